The van der Waals surface area contributed by atoms with E-state index in [9.17, 15) is 0 Å². The zero-order chi connectivity index (χ0) is 15.6. The van der Waals surface area contributed by atoms with Gasteiger partial charge < -0.3 is 9.30 Å². The second kappa shape index (κ2) is 6.36. The molecule has 0 saturated heterocycles. The molecule has 0 atom stereocenters. The number of fused-ring (bicyclic) bond motifs is 1. The van der Waals surface area contributed by atoms with Crippen LogP contribution >= 0.6 is 11.6 Å². The first kappa shape index (κ1) is 16.3. The minimum atomic E-state index is -0.250. The Bertz CT molecular complexity index is 615. The molecular weight excluding hydrogens is 288 g/mol. The lowest BCUT2D eigenvalue weighted by Crippen LogP contribution is -2.31. The predicted molar refractivity (Wildman–Crippen MR) is 86.1 cm³/mol. The maximum absolute atomic E-state index is 5.94. The number of aryl methyl sites for hydroxylation is 3. The van der Waals surface area contributed by atoms with E-state index < -0.39 is 0 Å². The standard InChI is InChI=1S/C15H25ClN4O/c1-6-20-14-13(11(3)18-20)17-12(8-9-16)19(14)10-15(4,5)21-7-2/h6-10H2,1-5H3. The van der Waals surface area contributed by atoms with Crippen molar-refractivity contribution in [2.24, 2.45) is 0 Å². The minimum absolute atomic E-state index is 0.250. The second-order valence-corrected chi connectivity index (χ2v) is 6.20. The second-order valence-electron chi connectivity index (χ2n) is 5.82. The van der Waals surface area contributed by atoms with Crippen LogP contribution in [0.5, 0.6) is 0 Å². The van der Waals surface area contributed by atoms with E-state index >= 15 is 0 Å². The Kier molecular flexibility index (Phi) is 4.94. The minimum Gasteiger partial charge on any atom is -0.374 e. The molecule has 5 nitrogen and oxygen atoms in total. The molecule has 2 aromatic heterocycles. The van der Waals surface area contributed by atoms with Gasteiger partial charge in [-0.05, 0) is 34.6 Å². The monoisotopic (exact) mass is 312 g/mol. The molecule has 2 heterocycles. The van der Waals surface area contributed by atoms with Gasteiger partial charge in [0.25, 0.3) is 0 Å². The molecule has 0 aliphatic rings. The first-order valence-electron chi connectivity index (χ1n) is 7.56. The summed E-state index contributed by atoms with van der Waals surface area (Å²) in [6.07, 6.45) is 0.752. The highest BCUT2D eigenvalue weighted by atomic mass is 35.5. The molecule has 0 saturated carbocycles. The smallest absolute Gasteiger partial charge is 0.159 e. The van der Waals surface area contributed by atoms with Crippen molar-refractivity contribution in [2.75, 3.05) is 12.5 Å². The van der Waals surface area contributed by atoms with Gasteiger partial charge in [0.2, 0.25) is 0 Å². The summed E-state index contributed by atoms with van der Waals surface area (Å²) in [5, 5.41) is 4.57. The lowest BCUT2D eigenvalue weighted by molar-refractivity contribution is -0.0223. The van der Waals surface area contributed by atoms with Crippen molar-refractivity contribution in [3.63, 3.8) is 0 Å². The molecule has 118 valence electrons. The number of imidazole rings is 1. The molecule has 0 radical (unpaired) electrons. The van der Waals surface area contributed by atoms with Crippen LogP contribution < -0.4 is 0 Å². The summed E-state index contributed by atoms with van der Waals surface area (Å²) in [4.78, 5) is 4.75. The number of hydrogen-bond acceptors (Lipinski definition) is 3. The van der Waals surface area contributed by atoms with Gasteiger partial charge >= 0.3 is 0 Å². The molecule has 0 spiro atoms. The summed E-state index contributed by atoms with van der Waals surface area (Å²) >= 11 is 5.94. The van der Waals surface area contributed by atoms with Crippen LogP contribution in [0.2, 0.25) is 0 Å². The first-order chi connectivity index (χ1) is 9.93. The van der Waals surface area contributed by atoms with E-state index in [1.165, 1.54) is 0 Å². The normalized spacial score (nSPS) is 12.5. The molecule has 6 heteroatoms. The Morgan fingerprint density at radius 2 is 2.00 bits per heavy atom. The quantitative estimate of drug-likeness (QED) is 0.738. The van der Waals surface area contributed by atoms with Crippen LogP contribution in [0.3, 0.4) is 0 Å². The highest BCUT2D eigenvalue weighted by molar-refractivity contribution is 6.17. The van der Waals surface area contributed by atoms with Crippen LogP contribution in [-0.4, -0.2) is 37.4 Å². The predicted octanol–water partition coefficient (Wildman–Crippen LogP) is 3.16. The summed E-state index contributed by atoms with van der Waals surface area (Å²) in [6.45, 7) is 12.6. The van der Waals surface area contributed by atoms with Crippen molar-refractivity contribution >= 4 is 22.8 Å². The van der Waals surface area contributed by atoms with E-state index in [4.69, 9.17) is 21.3 Å². The highest BCUT2D eigenvalue weighted by Gasteiger charge is 2.25. The van der Waals surface area contributed by atoms with Crippen LogP contribution in [0.1, 0.15) is 39.2 Å². The average Bonchev–Trinajstić information content (AvgIpc) is 2.89. The van der Waals surface area contributed by atoms with Crippen molar-refractivity contribution in [3.05, 3.63) is 11.5 Å². The van der Waals surface area contributed by atoms with Gasteiger partial charge in [0.05, 0.1) is 17.8 Å². The molecule has 0 bridgehead atoms. The number of aromatic nitrogens is 4. The Balaban J connectivity index is 2.54. The molecule has 0 fully saturated rings. The van der Waals surface area contributed by atoms with E-state index in [2.05, 4.69) is 30.4 Å². The summed E-state index contributed by atoms with van der Waals surface area (Å²) < 4.78 is 10.1. The first-order valence-corrected chi connectivity index (χ1v) is 8.09. The van der Waals surface area contributed by atoms with E-state index in [1.807, 2.05) is 18.5 Å². The van der Waals surface area contributed by atoms with Crippen molar-refractivity contribution in [1.82, 2.24) is 19.3 Å². The Labute approximate surface area is 131 Å². The largest absolute Gasteiger partial charge is 0.374 e. The third-order valence-electron chi connectivity index (χ3n) is 3.57. The Morgan fingerprint density at radius 3 is 2.57 bits per heavy atom. The zero-order valence-electron chi connectivity index (χ0n) is 13.6. The molecule has 21 heavy (non-hydrogen) atoms. The fourth-order valence-corrected chi connectivity index (χ4v) is 2.92. The van der Waals surface area contributed by atoms with Gasteiger partial charge in [-0.15, -0.1) is 11.6 Å². The van der Waals surface area contributed by atoms with Crippen molar-refractivity contribution in [3.8, 4) is 0 Å². The third-order valence-corrected chi connectivity index (χ3v) is 3.76. The molecule has 0 unspecified atom stereocenters. The third kappa shape index (κ3) is 3.24. The topological polar surface area (TPSA) is 44.9 Å². The van der Waals surface area contributed by atoms with E-state index in [-0.39, 0.29) is 5.60 Å². The van der Waals surface area contributed by atoms with Crippen LogP contribution in [0.4, 0.5) is 0 Å². The van der Waals surface area contributed by atoms with Crippen molar-refractivity contribution in [1.29, 1.82) is 0 Å². The van der Waals surface area contributed by atoms with Gasteiger partial charge in [-0.25, -0.2) is 9.67 Å². The molecular formula is C15H25ClN4O. The molecule has 0 amide bonds. The van der Waals surface area contributed by atoms with Crippen LogP contribution in [-0.2, 0) is 24.2 Å². The van der Waals surface area contributed by atoms with Gasteiger partial charge in [-0.2, -0.15) is 5.10 Å². The van der Waals surface area contributed by atoms with E-state index in [1.54, 1.807) is 0 Å². The van der Waals surface area contributed by atoms with Gasteiger partial charge in [0.1, 0.15) is 11.3 Å². The number of nitrogens with zero attached hydrogens (tertiary/aromatic N) is 4. The highest BCUT2D eigenvalue weighted by Crippen LogP contribution is 2.24. The number of alkyl halides is 1. The summed E-state index contributed by atoms with van der Waals surface area (Å²) in [5.41, 5.74) is 2.77. The van der Waals surface area contributed by atoms with Crippen LogP contribution in [0.15, 0.2) is 0 Å². The molecule has 0 N–H and O–H groups in total. The van der Waals surface area contributed by atoms with E-state index in [0.717, 1.165) is 42.2 Å². The van der Waals surface area contributed by atoms with Gasteiger partial charge in [-0.1, -0.05) is 0 Å². The number of rotatable bonds is 7. The number of halogens is 1. The van der Waals surface area contributed by atoms with Gasteiger partial charge in [0.15, 0.2) is 5.65 Å². The fraction of sp³-hybridized carbons (Fsp3) is 0.733. The molecule has 2 rings (SSSR count). The lowest BCUT2D eigenvalue weighted by Gasteiger charge is -2.26. The number of hydrogen-bond donors (Lipinski definition) is 0. The van der Waals surface area contributed by atoms with E-state index in [0.29, 0.717) is 12.5 Å². The fourth-order valence-electron chi connectivity index (χ4n) is 2.75. The summed E-state index contributed by atoms with van der Waals surface area (Å²) in [6, 6.07) is 0. The van der Waals surface area contributed by atoms with Crippen molar-refractivity contribution < 1.29 is 4.74 Å². The SMILES string of the molecule is CCOC(C)(C)Cn1c(CCCl)nc2c(C)nn(CC)c21. The molecule has 0 aliphatic heterocycles. The lowest BCUT2D eigenvalue weighted by atomic mass is 10.1. The summed E-state index contributed by atoms with van der Waals surface area (Å²) in [5.74, 6) is 1.57. The van der Waals surface area contributed by atoms with Crippen molar-refractivity contribution in [2.45, 2.75) is 59.7 Å². The molecule has 0 aromatic carbocycles. The summed E-state index contributed by atoms with van der Waals surface area (Å²) in [7, 11) is 0. The Hall–Kier alpha value is -1.07. The average molecular weight is 313 g/mol. The number of ether oxygens (including phenoxy) is 1. The Morgan fingerprint density at radius 1 is 1.29 bits per heavy atom. The van der Waals surface area contributed by atoms with Gasteiger partial charge in [0, 0.05) is 25.5 Å². The maximum atomic E-state index is 5.94. The van der Waals surface area contributed by atoms with Crippen LogP contribution in [0, 0.1) is 6.92 Å². The zero-order valence-corrected chi connectivity index (χ0v) is 14.4. The van der Waals surface area contributed by atoms with Crippen LogP contribution in [0.25, 0.3) is 11.2 Å². The molecule has 0 aliphatic carbocycles. The van der Waals surface area contributed by atoms with Gasteiger partial charge in [-0.3, -0.25) is 0 Å². The molecule has 2 aromatic rings. The maximum Gasteiger partial charge on any atom is 0.159 e.